The predicted octanol–water partition coefficient (Wildman–Crippen LogP) is 3.55. The summed E-state index contributed by atoms with van der Waals surface area (Å²) in [6, 6.07) is 5.06. The van der Waals surface area contributed by atoms with Crippen LogP contribution >= 0.6 is 34.1 Å². The Bertz CT molecular complexity index is 368. The van der Waals surface area contributed by atoms with Gasteiger partial charge in [-0.25, -0.2) is 4.79 Å². The summed E-state index contributed by atoms with van der Waals surface area (Å²) < 4.78 is 0. The largest absolute Gasteiger partial charge is 0.478 e. The Kier molecular flexibility index (Phi) is 4.83. The van der Waals surface area contributed by atoms with Crippen molar-refractivity contribution in [1.82, 2.24) is 0 Å². The Morgan fingerprint density at radius 2 is 2.33 bits per heavy atom. The minimum Gasteiger partial charge on any atom is -0.478 e. The first-order chi connectivity index (χ1) is 7.06. The van der Waals surface area contributed by atoms with Crippen molar-refractivity contribution >= 4 is 40.0 Å². The molecule has 0 aromatic heterocycles. The van der Waals surface area contributed by atoms with Gasteiger partial charge in [0.25, 0.3) is 0 Å². The molecule has 1 aromatic carbocycles. The van der Waals surface area contributed by atoms with E-state index in [2.05, 4.69) is 11.7 Å². The van der Waals surface area contributed by atoms with Crippen molar-refractivity contribution in [3.05, 3.63) is 34.3 Å². The maximum absolute atomic E-state index is 10.8. The van der Waals surface area contributed by atoms with Crippen LogP contribution in [0, 0.1) is 0 Å². The summed E-state index contributed by atoms with van der Waals surface area (Å²) in [5.41, 5.74) is 1.01. The van der Waals surface area contributed by atoms with Crippen LogP contribution in [-0.4, -0.2) is 16.3 Å². The highest BCUT2D eigenvalue weighted by molar-refractivity contribution is 8.68. The van der Waals surface area contributed by atoms with Crippen molar-refractivity contribution < 1.29 is 9.90 Å². The molecule has 1 unspecified atom stereocenters. The quantitative estimate of drug-likeness (QED) is 0.644. The highest BCUT2D eigenvalue weighted by Gasteiger charge is 2.13. The highest BCUT2D eigenvalue weighted by Crippen LogP contribution is 2.26. The van der Waals surface area contributed by atoms with E-state index >= 15 is 0 Å². The third-order valence-corrected chi connectivity index (χ3v) is 4.05. The second-order valence-corrected chi connectivity index (χ2v) is 5.23. The van der Waals surface area contributed by atoms with Gasteiger partial charge in [0.2, 0.25) is 0 Å². The fourth-order valence-electron chi connectivity index (χ4n) is 1.25. The van der Waals surface area contributed by atoms with Gasteiger partial charge < -0.3 is 5.11 Å². The number of aromatic carboxylic acids is 1. The molecule has 0 spiro atoms. The van der Waals surface area contributed by atoms with E-state index in [1.54, 1.807) is 6.07 Å². The first-order valence-electron chi connectivity index (χ1n) is 4.37. The summed E-state index contributed by atoms with van der Waals surface area (Å²) in [6.45, 7) is 2.02. The van der Waals surface area contributed by atoms with Crippen molar-refractivity contribution in [1.29, 1.82) is 0 Å². The van der Waals surface area contributed by atoms with Crippen LogP contribution in [0.4, 0.5) is 0 Å². The Labute approximate surface area is 103 Å². The van der Waals surface area contributed by atoms with Crippen molar-refractivity contribution in [3.63, 3.8) is 0 Å². The maximum atomic E-state index is 10.8. The number of benzene rings is 1. The summed E-state index contributed by atoms with van der Waals surface area (Å²) in [7, 11) is 1.43. The third kappa shape index (κ3) is 3.33. The van der Waals surface area contributed by atoms with Crippen LogP contribution in [0.2, 0.25) is 5.02 Å². The molecule has 0 bridgehead atoms. The lowest BCUT2D eigenvalue weighted by Gasteiger charge is -2.10. The molecule has 0 aliphatic carbocycles. The average Bonchev–Trinajstić information content (AvgIpc) is 2.20. The second kappa shape index (κ2) is 5.68. The van der Waals surface area contributed by atoms with Gasteiger partial charge >= 0.3 is 5.97 Å². The molecule has 5 heteroatoms. The lowest BCUT2D eigenvalue weighted by Crippen LogP contribution is -2.04. The maximum Gasteiger partial charge on any atom is 0.337 e. The van der Waals surface area contributed by atoms with E-state index in [1.807, 2.05) is 13.0 Å². The number of thiol groups is 1. The Hall–Kier alpha value is -0.320. The summed E-state index contributed by atoms with van der Waals surface area (Å²) in [4.78, 5) is 10.8. The molecule has 1 N–H and O–H groups in total. The molecule has 1 atom stereocenters. The number of carboxylic acids is 1. The van der Waals surface area contributed by atoms with Crippen molar-refractivity contribution in [2.24, 2.45) is 0 Å². The lowest BCUT2D eigenvalue weighted by atomic mass is 10.1. The molecule has 1 rings (SSSR count). The third-order valence-electron chi connectivity index (χ3n) is 2.00. The van der Waals surface area contributed by atoms with Crippen LogP contribution in [-0.2, 0) is 6.42 Å². The number of carboxylic acid groups (broad SMARTS) is 1. The summed E-state index contributed by atoms with van der Waals surface area (Å²) in [5.74, 6) is -0.993. The Morgan fingerprint density at radius 1 is 1.67 bits per heavy atom. The van der Waals surface area contributed by atoms with Gasteiger partial charge in [0.1, 0.15) is 0 Å². The van der Waals surface area contributed by atoms with Gasteiger partial charge in [0.15, 0.2) is 0 Å². The molecule has 0 radical (unpaired) electrons. The van der Waals surface area contributed by atoms with Crippen LogP contribution in [0.3, 0.4) is 0 Å². The van der Waals surface area contributed by atoms with Crippen LogP contribution < -0.4 is 0 Å². The Balaban J connectivity index is 2.99. The first-order valence-corrected chi connectivity index (χ1v) is 6.68. The zero-order chi connectivity index (χ0) is 11.4. The normalized spacial score (nSPS) is 12.5. The topological polar surface area (TPSA) is 37.3 Å². The van der Waals surface area contributed by atoms with Gasteiger partial charge in [-0.2, -0.15) is 0 Å². The van der Waals surface area contributed by atoms with Crippen molar-refractivity contribution in [2.75, 3.05) is 0 Å². The number of hydrogen-bond donors (Lipinski definition) is 2. The van der Waals surface area contributed by atoms with E-state index < -0.39 is 5.97 Å². The van der Waals surface area contributed by atoms with Gasteiger partial charge in [-0.15, -0.1) is 11.7 Å². The number of rotatable bonds is 4. The van der Waals surface area contributed by atoms with Crippen LogP contribution in [0.1, 0.15) is 22.8 Å². The van der Waals surface area contributed by atoms with Gasteiger partial charge in [0, 0.05) is 5.25 Å². The molecule has 15 heavy (non-hydrogen) atoms. The van der Waals surface area contributed by atoms with E-state index in [4.69, 9.17) is 16.7 Å². The van der Waals surface area contributed by atoms with Gasteiger partial charge in [0.05, 0.1) is 10.6 Å². The van der Waals surface area contributed by atoms with Gasteiger partial charge in [-0.05, 0) is 18.1 Å². The SMILES string of the molecule is CC(Cc1cccc(C(=O)O)c1Cl)SS. The molecule has 0 saturated heterocycles. The average molecular weight is 263 g/mol. The zero-order valence-corrected chi connectivity index (χ0v) is 10.6. The highest BCUT2D eigenvalue weighted by atomic mass is 35.5. The molecule has 82 valence electrons. The summed E-state index contributed by atoms with van der Waals surface area (Å²) in [6.07, 6.45) is 0.716. The zero-order valence-electron chi connectivity index (χ0n) is 8.11. The number of carbonyl (C=O) groups is 1. The summed E-state index contributed by atoms with van der Waals surface area (Å²) in [5, 5.41) is 9.51. The molecule has 1 aromatic rings. The van der Waals surface area contributed by atoms with Crippen LogP contribution in [0.5, 0.6) is 0 Å². The molecule has 0 fully saturated rings. The molecular weight excluding hydrogens is 252 g/mol. The Morgan fingerprint density at radius 3 is 2.87 bits per heavy atom. The van der Waals surface area contributed by atoms with E-state index in [0.717, 1.165) is 5.56 Å². The van der Waals surface area contributed by atoms with E-state index in [0.29, 0.717) is 16.7 Å². The molecule has 2 nitrogen and oxygen atoms in total. The number of halogens is 1. The lowest BCUT2D eigenvalue weighted by molar-refractivity contribution is 0.0697. The molecule has 0 aliphatic rings. The van der Waals surface area contributed by atoms with Crippen LogP contribution in [0.15, 0.2) is 18.2 Å². The fraction of sp³-hybridized carbons (Fsp3) is 0.300. The minimum absolute atomic E-state index is 0.158. The van der Waals surface area contributed by atoms with Gasteiger partial charge in [-0.1, -0.05) is 41.5 Å². The smallest absolute Gasteiger partial charge is 0.337 e. The van der Waals surface area contributed by atoms with E-state index in [9.17, 15) is 4.79 Å². The van der Waals surface area contributed by atoms with Gasteiger partial charge in [-0.3, -0.25) is 0 Å². The summed E-state index contributed by atoms with van der Waals surface area (Å²) >= 11 is 10.1. The number of hydrogen-bond acceptors (Lipinski definition) is 3. The molecule has 0 amide bonds. The van der Waals surface area contributed by atoms with E-state index in [1.165, 1.54) is 16.9 Å². The predicted molar refractivity (Wildman–Crippen MR) is 68.2 cm³/mol. The van der Waals surface area contributed by atoms with E-state index in [-0.39, 0.29) is 5.56 Å². The standard InChI is InChI=1S/C10H11ClO2S2/c1-6(15-14)5-7-3-2-4-8(9(7)11)10(12)13/h2-4,6,14H,5H2,1H3,(H,12,13). The second-order valence-electron chi connectivity index (χ2n) is 3.20. The first kappa shape index (κ1) is 12.7. The minimum atomic E-state index is -0.993. The fourth-order valence-corrected chi connectivity index (χ4v) is 2.01. The molecule has 0 saturated carbocycles. The molecule has 0 aliphatic heterocycles. The monoisotopic (exact) mass is 262 g/mol. The van der Waals surface area contributed by atoms with Crippen LogP contribution in [0.25, 0.3) is 0 Å². The molecule has 0 heterocycles. The van der Waals surface area contributed by atoms with Crippen molar-refractivity contribution in [2.45, 2.75) is 18.6 Å². The molecular formula is C10H11ClO2S2. The van der Waals surface area contributed by atoms with Crippen molar-refractivity contribution in [3.8, 4) is 0 Å².